The predicted octanol–water partition coefficient (Wildman–Crippen LogP) is 4.17. The molecule has 1 aromatic carbocycles. The first-order chi connectivity index (χ1) is 12.6. The minimum atomic E-state index is -0.0427. The largest absolute Gasteiger partial charge is 0.440 e. The van der Waals surface area contributed by atoms with Gasteiger partial charge in [0.05, 0.1) is 0 Å². The molecule has 7 nitrogen and oxygen atoms in total. The lowest BCUT2D eigenvalue weighted by atomic mass is 10.2. The highest BCUT2D eigenvalue weighted by molar-refractivity contribution is 5.92. The molecule has 0 bridgehead atoms. The fourth-order valence-electron chi connectivity index (χ4n) is 2.76. The number of carbonyl (C=O) groups excluding carboxylic acids is 1. The predicted molar refractivity (Wildman–Crippen MR) is 95.9 cm³/mol. The van der Waals surface area contributed by atoms with Gasteiger partial charge in [0.2, 0.25) is 11.8 Å². The van der Waals surface area contributed by atoms with Crippen molar-refractivity contribution in [3.63, 3.8) is 0 Å². The Morgan fingerprint density at radius 2 is 2.15 bits per heavy atom. The molecule has 0 unspecified atom stereocenters. The zero-order valence-electron chi connectivity index (χ0n) is 15.0. The number of aromatic nitrogens is 3. The fraction of sp³-hybridized carbons (Fsp3) is 0.474. The van der Waals surface area contributed by atoms with Crippen LogP contribution in [0.5, 0.6) is 0 Å². The van der Waals surface area contributed by atoms with Crippen molar-refractivity contribution in [3.05, 3.63) is 35.8 Å². The maximum atomic E-state index is 12.2. The van der Waals surface area contributed by atoms with Crippen LogP contribution < -0.4 is 5.32 Å². The van der Waals surface area contributed by atoms with Crippen LogP contribution in [-0.2, 0) is 11.2 Å². The number of aryl methyl sites for hydroxylation is 1. The normalized spacial score (nSPS) is 14.3. The number of fused-ring (bicyclic) bond motifs is 1. The van der Waals surface area contributed by atoms with Crippen molar-refractivity contribution in [2.24, 2.45) is 0 Å². The molecule has 4 rings (SSSR count). The number of oxazole rings is 1. The standard InChI is InChI=1S/C19H22N4O3/c1-11(2)18-22-17(26-23-18)5-3-4-16(24)20-13-8-9-15-14(10-13)21-19(25-15)12-6-7-12/h8-12H,3-7H2,1-2H3,(H,20,24). The molecule has 1 aliphatic rings. The van der Waals surface area contributed by atoms with E-state index in [0.29, 0.717) is 36.9 Å². The molecule has 1 fully saturated rings. The molecule has 1 aliphatic carbocycles. The van der Waals surface area contributed by atoms with E-state index in [-0.39, 0.29) is 11.8 Å². The molecule has 0 atom stereocenters. The van der Waals surface area contributed by atoms with Crippen LogP contribution in [0.4, 0.5) is 5.69 Å². The van der Waals surface area contributed by atoms with Gasteiger partial charge in [0.15, 0.2) is 17.3 Å². The summed E-state index contributed by atoms with van der Waals surface area (Å²) < 4.78 is 10.9. The van der Waals surface area contributed by atoms with Gasteiger partial charge >= 0.3 is 0 Å². The molecule has 2 aromatic heterocycles. The van der Waals surface area contributed by atoms with Crippen molar-refractivity contribution >= 4 is 22.7 Å². The van der Waals surface area contributed by atoms with Crippen molar-refractivity contribution in [3.8, 4) is 0 Å². The highest BCUT2D eigenvalue weighted by atomic mass is 16.5. The first-order valence-electron chi connectivity index (χ1n) is 9.11. The van der Waals surface area contributed by atoms with Gasteiger partial charge < -0.3 is 14.3 Å². The first-order valence-corrected chi connectivity index (χ1v) is 9.11. The molecule has 7 heteroatoms. The SMILES string of the molecule is CC(C)c1noc(CCCC(=O)Nc2ccc3oc(C4CC4)nc3c2)n1. The zero-order chi connectivity index (χ0) is 18.1. The topological polar surface area (TPSA) is 94.1 Å². The molecule has 0 saturated heterocycles. The summed E-state index contributed by atoms with van der Waals surface area (Å²) in [6.45, 7) is 4.03. The lowest BCUT2D eigenvalue weighted by Crippen LogP contribution is -2.11. The number of carbonyl (C=O) groups is 1. The first kappa shape index (κ1) is 16.8. The molecule has 3 aromatic rings. The summed E-state index contributed by atoms with van der Waals surface area (Å²) in [5, 5.41) is 6.84. The molecule has 0 aliphatic heterocycles. The number of rotatable bonds is 7. The summed E-state index contributed by atoms with van der Waals surface area (Å²) in [6.07, 6.45) is 3.94. The number of amides is 1. The summed E-state index contributed by atoms with van der Waals surface area (Å²) in [5.74, 6) is 2.76. The second kappa shape index (κ2) is 6.90. The average molecular weight is 354 g/mol. The van der Waals surface area contributed by atoms with Crippen LogP contribution in [0.2, 0.25) is 0 Å². The van der Waals surface area contributed by atoms with Crippen LogP contribution in [0.15, 0.2) is 27.1 Å². The van der Waals surface area contributed by atoms with Crippen molar-refractivity contribution in [1.82, 2.24) is 15.1 Å². The summed E-state index contributed by atoms with van der Waals surface area (Å²) in [7, 11) is 0. The van der Waals surface area contributed by atoms with Crippen LogP contribution in [0, 0.1) is 0 Å². The molecule has 1 amide bonds. The van der Waals surface area contributed by atoms with E-state index in [1.54, 1.807) is 0 Å². The fourth-order valence-corrected chi connectivity index (χ4v) is 2.76. The Kier molecular flexibility index (Phi) is 4.44. The van der Waals surface area contributed by atoms with E-state index in [0.717, 1.165) is 35.5 Å². The van der Waals surface area contributed by atoms with E-state index in [1.165, 1.54) is 0 Å². The molecule has 0 radical (unpaired) electrons. The molecular formula is C19H22N4O3. The summed E-state index contributed by atoms with van der Waals surface area (Å²) in [6, 6.07) is 5.56. The molecule has 0 spiro atoms. The van der Waals surface area contributed by atoms with Crippen LogP contribution in [0.1, 0.15) is 69.0 Å². The Hall–Kier alpha value is -2.70. The van der Waals surface area contributed by atoms with Gasteiger partial charge in [0.25, 0.3) is 0 Å². The van der Waals surface area contributed by atoms with Gasteiger partial charge in [-0.2, -0.15) is 4.98 Å². The molecule has 26 heavy (non-hydrogen) atoms. The minimum absolute atomic E-state index is 0.0427. The Morgan fingerprint density at radius 1 is 1.31 bits per heavy atom. The number of nitrogens with one attached hydrogen (secondary N) is 1. The maximum absolute atomic E-state index is 12.2. The van der Waals surface area contributed by atoms with Crippen LogP contribution in [-0.4, -0.2) is 21.0 Å². The van der Waals surface area contributed by atoms with E-state index in [9.17, 15) is 4.79 Å². The number of hydrogen-bond donors (Lipinski definition) is 1. The Balaban J connectivity index is 1.30. The van der Waals surface area contributed by atoms with E-state index in [4.69, 9.17) is 8.94 Å². The Bertz CT molecular complexity index is 924. The van der Waals surface area contributed by atoms with E-state index < -0.39 is 0 Å². The van der Waals surface area contributed by atoms with E-state index in [1.807, 2.05) is 32.0 Å². The van der Waals surface area contributed by atoms with E-state index >= 15 is 0 Å². The second-order valence-corrected chi connectivity index (χ2v) is 7.11. The molecule has 2 heterocycles. The van der Waals surface area contributed by atoms with Crippen molar-refractivity contribution < 1.29 is 13.7 Å². The average Bonchev–Trinajstić information content (AvgIpc) is 3.19. The highest BCUT2D eigenvalue weighted by Crippen LogP contribution is 2.40. The third kappa shape index (κ3) is 3.76. The number of hydrogen-bond acceptors (Lipinski definition) is 6. The van der Waals surface area contributed by atoms with Gasteiger partial charge in [0.1, 0.15) is 5.52 Å². The van der Waals surface area contributed by atoms with Crippen molar-refractivity contribution in [2.45, 2.75) is 57.8 Å². The zero-order valence-corrected chi connectivity index (χ0v) is 15.0. The van der Waals surface area contributed by atoms with Gasteiger partial charge in [-0.3, -0.25) is 4.79 Å². The molecular weight excluding hydrogens is 332 g/mol. The number of anilines is 1. The van der Waals surface area contributed by atoms with Crippen molar-refractivity contribution in [1.29, 1.82) is 0 Å². The third-order valence-corrected chi connectivity index (χ3v) is 4.41. The summed E-state index contributed by atoms with van der Waals surface area (Å²) in [5.41, 5.74) is 2.29. The quantitative estimate of drug-likeness (QED) is 0.684. The monoisotopic (exact) mass is 354 g/mol. The van der Waals surface area contributed by atoms with Gasteiger partial charge in [0, 0.05) is 30.4 Å². The van der Waals surface area contributed by atoms with E-state index in [2.05, 4.69) is 20.4 Å². The number of nitrogens with zero attached hydrogens (tertiary/aromatic N) is 3. The van der Waals surface area contributed by atoms with Gasteiger partial charge in [-0.1, -0.05) is 19.0 Å². The smallest absolute Gasteiger partial charge is 0.226 e. The highest BCUT2D eigenvalue weighted by Gasteiger charge is 2.28. The maximum Gasteiger partial charge on any atom is 0.226 e. The molecule has 1 N–H and O–H groups in total. The van der Waals surface area contributed by atoms with Crippen molar-refractivity contribution in [2.75, 3.05) is 5.32 Å². The lowest BCUT2D eigenvalue weighted by Gasteiger charge is -2.04. The third-order valence-electron chi connectivity index (χ3n) is 4.41. The summed E-state index contributed by atoms with van der Waals surface area (Å²) in [4.78, 5) is 21.0. The number of benzene rings is 1. The minimum Gasteiger partial charge on any atom is -0.440 e. The lowest BCUT2D eigenvalue weighted by molar-refractivity contribution is -0.116. The van der Waals surface area contributed by atoms with Crippen LogP contribution in [0.25, 0.3) is 11.1 Å². The van der Waals surface area contributed by atoms with Crippen LogP contribution in [0.3, 0.4) is 0 Å². The van der Waals surface area contributed by atoms with Gasteiger partial charge in [-0.25, -0.2) is 4.98 Å². The molecule has 1 saturated carbocycles. The molecule has 136 valence electrons. The van der Waals surface area contributed by atoms with Gasteiger partial charge in [-0.15, -0.1) is 0 Å². The van der Waals surface area contributed by atoms with Gasteiger partial charge in [-0.05, 0) is 37.5 Å². The van der Waals surface area contributed by atoms with Crippen LogP contribution >= 0.6 is 0 Å². The Labute approximate surface area is 151 Å². The second-order valence-electron chi connectivity index (χ2n) is 7.11. The Morgan fingerprint density at radius 3 is 2.88 bits per heavy atom. The summed E-state index contributed by atoms with van der Waals surface area (Å²) >= 11 is 0.